The molecule has 0 radical (unpaired) electrons. The Morgan fingerprint density at radius 1 is 1.00 bits per heavy atom. The maximum Gasteiger partial charge on any atom is 0.309 e. The third kappa shape index (κ3) is 4.50. The molecule has 2 nitrogen and oxygen atoms in total. The third-order valence-corrected chi connectivity index (χ3v) is 5.12. The lowest BCUT2D eigenvalue weighted by Gasteiger charge is -2.30. The van der Waals surface area contributed by atoms with Crippen LogP contribution in [0.25, 0.3) is 0 Å². The Labute approximate surface area is 118 Å². The van der Waals surface area contributed by atoms with Crippen molar-refractivity contribution < 1.29 is 9.53 Å². The topological polar surface area (TPSA) is 26.3 Å². The first-order valence-electron chi connectivity index (χ1n) is 8.39. The van der Waals surface area contributed by atoms with E-state index >= 15 is 0 Å². The number of carbonyl (C=O) groups excluding carboxylic acids is 1. The van der Waals surface area contributed by atoms with Crippen molar-refractivity contribution in [3.63, 3.8) is 0 Å². The molecule has 0 unspecified atom stereocenters. The molecule has 2 rings (SSSR count). The lowest BCUT2D eigenvalue weighted by molar-refractivity contribution is -0.157. The summed E-state index contributed by atoms with van der Waals surface area (Å²) < 4.78 is 5.75. The van der Waals surface area contributed by atoms with Gasteiger partial charge < -0.3 is 4.74 Å². The molecule has 0 atom stereocenters. The van der Waals surface area contributed by atoms with Gasteiger partial charge in [-0.05, 0) is 63.2 Å². The first-order chi connectivity index (χ1) is 9.19. The highest BCUT2D eigenvalue weighted by Gasteiger charge is 2.29. The zero-order chi connectivity index (χ0) is 13.7. The summed E-state index contributed by atoms with van der Waals surface area (Å²) in [6.45, 7) is 4.55. The second-order valence-electron chi connectivity index (χ2n) is 6.83. The molecule has 2 aliphatic rings. The van der Waals surface area contributed by atoms with Gasteiger partial charge in [-0.15, -0.1) is 0 Å². The zero-order valence-electron chi connectivity index (χ0n) is 12.7. The summed E-state index contributed by atoms with van der Waals surface area (Å²) in [6.07, 6.45) is 12.1. The average Bonchev–Trinajstić information content (AvgIpc) is 2.42. The molecule has 2 saturated carbocycles. The van der Waals surface area contributed by atoms with Crippen molar-refractivity contribution in [2.24, 2.45) is 17.8 Å². The molecule has 19 heavy (non-hydrogen) atoms. The number of hydrogen-bond acceptors (Lipinski definition) is 2. The van der Waals surface area contributed by atoms with Crippen LogP contribution < -0.4 is 0 Å². The van der Waals surface area contributed by atoms with E-state index in [9.17, 15) is 4.79 Å². The van der Waals surface area contributed by atoms with Gasteiger partial charge in [-0.25, -0.2) is 0 Å². The maximum atomic E-state index is 12.2. The van der Waals surface area contributed by atoms with Crippen molar-refractivity contribution in [2.75, 3.05) is 0 Å². The highest BCUT2D eigenvalue weighted by atomic mass is 16.5. The Balaban J connectivity index is 1.69. The van der Waals surface area contributed by atoms with Crippen molar-refractivity contribution in [3.8, 4) is 0 Å². The van der Waals surface area contributed by atoms with E-state index in [2.05, 4.69) is 13.8 Å². The van der Waals surface area contributed by atoms with E-state index in [0.717, 1.165) is 37.5 Å². The van der Waals surface area contributed by atoms with Crippen LogP contribution in [-0.4, -0.2) is 12.1 Å². The Morgan fingerprint density at radius 2 is 1.63 bits per heavy atom. The Kier molecular flexibility index (Phi) is 5.72. The molecule has 2 fully saturated rings. The zero-order valence-corrected chi connectivity index (χ0v) is 12.7. The van der Waals surface area contributed by atoms with Gasteiger partial charge in [0.2, 0.25) is 0 Å². The maximum absolute atomic E-state index is 12.2. The van der Waals surface area contributed by atoms with Crippen LogP contribution in [0.2, 0.25) is 0 Å². The summed E-state index contributed by atoms with van der Waals surface area (Å²) in [6, 6.07) is 0. The minimum atomic E-state index is 0.103. The van der Waals surface area contributed by atoms with Crippen molar-refractivity contribution in [3.05, 3.63) is 0 Å². The summed E-state index contributed by atoms with van der Waals surface area (Å²) in [5.74, 6) is 1.99. The number of carbonyl (C=O) groups is 1. The van der Waals surface area contributed by atoms with Gasteiger partial charge >= 0.3 is 5.97 Å². The van der Waals surface area contributed by atoms with E-state index in [1.807, 2.05) is 0 Å². The molecule has 0 aromatic heterocycles. The van der Waals surface area contributed by atoms with Gasteiger partial charge in [0.15, 0.2) is 0 Å². The minimum Gasteiger partial charge on any atom is -0.462 e. The largest absolute Gasteiger partial charge is 0.462 e. The number of hydrogen-bond donors (Lipinski definition) is 0. The molecular weight excluding hydrogens is 236 g/mol. The normalized spacial score (nSPS) is 35.9. The second kappa shape index (κ2) is 7.31. The molecule has 110 valence electrons. The van der Waals surface area contributed by atoms with Crippen LogP contribution in [0.15, 0.2) is 0 Å². The summed E-state index contributed by atoms with van der Waals surface area (Å²) >= 11 is 0. The number of rotatable bonds is 4. The molecule has 0 saturated heterocycles. The monoisotopic (exact) mass is 266 g/mol. The Morgan fingerprint density at radius 3 is 2.21 bits per heavy atom. The first kappa shape index (κ1) is 14.9. The summed E-state index contributed by atoms with van der Waals surface area (Å²) in [4.78, 5) is 12.2. The summed E-state index contributed by atoms with van der Waals surface area (Å²) in [7, 11) is 0. The molecule has 2 aliphatic carbocycles. The highest BCUT2D eigenvalue weighted by molar-refractivity contribution is 5.72. The summed E-state index contributed by atoms with van der Waals surface area (Å²) in [5, 5.41) is 0. The standard InChI is InChI=1S/C17H30O2/c1-3-4-14-7-11-16(12-8-14)19-17(18)15-9-5-13(2)6-10-15/h13-16H,3-12H2,1-2H3. The number of esters is 1. The van der Waals surface area contributed by atoms with E-state index in [4.69, 9.17) is 4.74 Å². The molecule has 0 bridgehead atoms. The van der Waals surface area contributed by atoms with Crippen LogP contribution in [0, 0.1) is 17.8 Å². The van der Waals surface area contributed by atoms with E-state index in [1.54, 1.807) is 0 Å². The summed E-state index contributed by atoms with van der Waals surface area (Å²) in [5.41, 5.74) is 0. The van der Waals surface area contributed by atoms with Crippen molar-refractivity contribution in [1.82, 2.24) is 0 Å². The molecule has 0 amide bonds. The fraction of sp³-hybridized carbons (Fsp3) is 0.941. The first-order valence-corrected chi connectivity index (χ1v) is 8.39. The van der Waals surface area contributed by atoms with Crippen LogP contribution in [0.3, 0.4) is 0 Å². The van der Waals surface area contributed by atoms with Crippen molar-refractivity contribution in [1.29, 1.82) is 0 Å². The van der Waals surface area contributed by atoms with Gasteiger partial charge in [0.1, 0.15) is 6.10 Å². The third-order valence-electron chi connectivity index (χ3n) is 5.12. The molecule has 0 heterocycles. The number of ether oxygens (including phenoxy) is 1. The van der Waals surface area contributed by atoms with Gasteiger partial charge in [0, 0.05) is 0 Å². The minimum absolute atomic E-state index is 0.103. The van der Waals surface area contributed by atoms with Gasteiger partial charge in [-0.2, -0.15) is 0 Å². The van der Waals surface area contributed by atoms with Crippen LogP contribution in [0.1, 0.15) is 78.1 Å². The second-order valence-corrected chi connectivity index (χ2v) is 6.83. The van der Waals surface area contributed by atoms with Crippen LogP contribution in [0.4, 0.5) is 0 Å². The quantitative estimate of drug-likeness (QED) is 0.688. The van der Waals surface area contributed by atoms with Gasteiger partial charge in [0.25, 0.3) is 0 Å². The van der Waals surface area contributed by atoms with E-state index in [-0.39, 0.29) is 18.0 Å². The fourth-order valence-corrected chi connectivity index (χ4v) is 3.70. The molecular formula is C17H30O2. The van der Waals surface area contributed by atoms with E-state index in [1.165, 1.54) is 38.5 Å². The molecule has 0 aromatic rings. The van der Waals surface area contributed by atoms with Crippen molar-refractivity contribution in [2.45, 2.75) is 84.2 Å². The SMILES string of the molecule is CCCC1CCC(OC(=O)C2CCC(C)CC2)CC1. The molecule has 0 spiro atoms. The predicted octanol–water partition coefficient (Wildman–Crippen LogP) is 4.71. The highest BCUT2D eigenvalue weighted by Crippen LogP contribution is 2.32. The van der Waals surface area contributed by atoms with E-state index in [0.29, 0.717) is 0 Å². The van der Waals surface area contributed by atoms with Crippen LogP contribution in [-0.2, 0) is 9.53 Å². The van der Waals surface area contributed by atoms with E-state index < -0.39 is 0 Å². The predicted molar refractivity (Wildman–Crippen MR) is 77.9 cm³/mol. The fourth-order valence-electron chi connectivity index (χ4n) is 3.70. The van der Waals surface area contributed by atoms with Gasteiger partial charge in [-0.1, -0.05) is 26.7 Å². The van der Waals surface area contributed by atoms with Crippen LogP contribution in [0.5, 0.6) is 0 Å². The molecule has 0 N–H and O–H groups in total. The lowest BCUT2D eigenvalue weighted by Crippen LogP contribution is -2.29. The van der Waals surface area contributed by atoms with Crippen LogP contribution >= 0.6 is 0 Å². The Hall–Kier alpha value is -0.530. The molecule has 2 heteroatoms. The van der Waals surface area contributed by atoms with Crippen molar-refractivity contribution >= 4 is 5.97 Å². The average molecular weight is 266 g/mol. The van der Waals surface area contributed by atoms with Gasteiger partial charge in [-0.3, -0.25) is 4.79 Å². The van der Waals surface area contributed by atoms with Gasteiger partial charge in [0.05, 0.1) is 5.92 Å². The molecule has 0 aromatic carbocycles. The molecule has 0 aliphatic heterocycles. The smallest absolute Gasteiger partial charge is 0.309 e. The Bertz CT molecular complexity index is 271. The lowest BCUT2D eigenvalue weighted by atomic mass is 9.82.